The summed E-state index contributed by atoms with van der Waals surface area (Å²) in [4.78, 5) is 23.3. The van der Waals surface area contributed by atoms with Gasteiger partial charge in [-0.3, -0.25) is 20.2 Å². The normalized spacial score (nSPS) is 16.9. The van der Waals surface area contributed by atoms with Gasteiger partial charge in [0.05, 0.1) is 0 Å². The molecule has 1 fully saturated rings. The third kappa shape index (κ3) is 2.62. The minimum atomic E-state index is -0.452. The molecule has 2 amide bonds. The average molecular weight is 260 g/mol. The molecule has 1 heterocycles. The molecule has 0 aromatic heterocycles. The lowest BCUT2D eigenvalue weighted by Gasteiger charge is -2.17. The van der Waals surface area contributed by atoms with Gasteiger partial charge in [0.2, 0.25) is 0 Å². The van der Waals surface area contributed by atoms with Crippen molar-refractivity contribution < 1.29 is 9.59 Å². The van der Waals surface area contributed by atoms with Gasteiger partial charge in [-0.15, -0.1) is 0 Å². The number of rotatable bonds is 2. The van der Waals surface area contributed by atoms with E-state index in [-0.39, 0.29) is 16.6 Å². The van der Waals surface area contributed by atoms with Crippen LogP contribution in [-0.2, 0) is 9.59 Å². The zero-order valence-electron chi connectivity index (χ0n) is 9.77. The summed E-state index contributed by atoms with van der Waals surface area (Å²) in [7, 11) is 0. The van der Waals surface area contributed by atoms with Crippen LogP contribution in [0, 0.1) is 0 Å². The molecule has 0 saturated carbocycles. The summed E-state index contributed by atoms with van der Waals surface area (Å²) in [6.45, 7) is 1.93. The summed E-state index contributed by atoms with van der Waals surface area (Å²) in [5, 5.41) is 4.87. The molecule has 92 valence electrons. The van der Waals surface area contributed by atoms with E-state index in [4.69, 9.17) is 12.2 Å². The van der Waals surface area contributed by atoms with Gasteiger partial charge in [0.15, 0.2) is 5.11 Å². The van der Waals surface area contributed by atoms with E-state index < -0.39 is 11.8 Å². The van der Waals surface area contributed by atoms with E-state index in [1.807, 2.05) is 37.3 Å². The Hall–Kier alpha value is -2.01. The van der Waals surface area contributed by atoms with E-state index >= 15 is 0 Å². The predicted molar refractivity (Wildman–Crippen MR) is 71.8 cm³/mol. The number of amides is 2. The lowest BCUT2D eigenvalue weighted by atomic mass is 9.97. The Morgan fingerprint density at radius 3 is 2.22 bits per heavy atom. The van der Waals surface area contributed by atoms with E-state index in [9.17, 15) is 9.59 Å². The Labute approximate surface area is 110 Å². The molecular formula is C13H12N2O2S. The number of carbonyl (C=O) groups is 2. The number of carbonyl (C=O) groups excluding carboxylic acids is 2. The first-order valence-corrected chi connectivity index (χ1v) is 5.92. The fraction of sp³-hybridized carbons (Fsp3) is 0.154. The molecule has 0 bridgehead atoms. The maximum absolute atomic E-state index is 11.7. The van der Waals surface area contributed by atoms with Gasteiger partial charge in [-0.1, -0.05) is 43.3 Å². The largest absolute Gasteiger partial charge is 0.299 e. The van der Waals surface area contributed by atoms with Crippen molar-refractivity contribution in [3.63, 3.8) is 0 Å². The second-order valence-corrected chi connectivity index (χ2v) is 4.43. The maximum Gasteiger partial charge on any atom is 0.262 e. The highest BCUT2D eigenvalue weighted by atomic mass is 32.1. The van der Waals surface area contributed by atoms with Crippen LogP contribution in [0.15, 0.2) is 42.0 Å². The Morgan fingerprint density at radius 1 is 1.11 bits per heavy atom. The van der Waals surface area contributed by atoms with Gasteiger partial charge in [-0.2, -0.15) is 0 Å². The number of allylic oxidation sites excluding steroid dienone is 1. The van der Waals surface area contributed by atoms with Crippen LogP contribution in [0.25, 0.3) is 0 Å². The van der Waals surface area contributed by atoms with Gasteiger partial charge in [0, 0.05) is 5.92 Å². The standard InChI is InChI=1S/C13H12N2O2S/c1-8(9-5-3-2-4-6-9)7-10-11(16)14-13(18)15-12(10)17/h2-8H,1H3,(H2,14,15,16,17,18)/t8-/m0/s1. The minimum absolute atomic E-state index is 0.0237. The van der Waals surface area contributed by atoms with E-state index in [0.29, 0.717) is 0 Å². The second kappa shape index (κ2) is 5.10. The van der Waals surface area contributed by atoms with E-state index in [1.54, 1.807) is 6.08 Å². The van der Waals surface area contributed by atoms with Gasteiger partial charge in [-0.05, 0) is 17.8 Å². The van der Waals surface area contributed by atoms with Crippen molar-refractivity contribution in [2.24, 2.45) is 0 Å². The predicted octanol–water partition coefficient (Wildman–Crippen LogP) is 1.25. The summed E-state index contributed by atoms with van der Waals surface area (Å²) in [6.07, 6.45) is 1.64. The minimum Gasteiger partial charge on any atom is -0.299 e. The van der Waals surface area contributed by atoms with Crippen molar-refractivity contribution in [3.05, 3.63) is 47.5 Å². The molecule has 1 aliphatic heterocycles. The molecule has 1 aromatic rings. The molecule has 0 unspecified atom stereocenters. The van der Waals surface area contributed by atoms with E-state index in [2.05, 4.69) is 10.6 Å². The highest BCUT2D eigenvalue weighted by molar-refractivity contribution is 7.80. The molecule has 2 rings (SSSR count). The number of benzene rings is 1. The van der Waals surface area contributed by atoms with Crippen molar-refractivity contribution in [1.82, 2.24) is 10.6 Å². The van der Waals surface area contributed by atoms with Crippen LogP contribution in [0.2, 0.25) is 0 Å². The van der Waals surface area contributed by atoms with Crippen molar-refractivity contribution in [2.45, 2.75) is 12.8 Å². The number of nitrogens with one attached hydrogen (secondary N) is 2. The van der Waals surface area contributed by atoms with E-state index in [1.165, 1.54) is 0 Å². The van der Waals surface area contributed by atoms with Crippen LogP contribution >= 0.6 is 12.2 Å². The fourth-order valence-electron chi connectivity index (χ4n) is 1.73. The quantitative estimate of drug-likeness (QED) is 0.478. The van der Waals surface area contributed by atoms with Crippen molar-refractivity contribution in [1.29, 1.82) is 0 Å². The van der Waals surface area contributed by atoms with Crippen LogP contribution < -0.4 is 10.6 Å². The fourth-order valence-corrected chi connectivity index (χ4v) is 1.91. The van der Waals surface area contributed by atoms with Gasteiger partial charge in [0.25, 0.3) is 11.8 Å². The summed E-state index contributed by atoms with van der Waals surface area (Å²) in [6, 6.07) is 9.65. The van der Waals surface area contributed by atoms with Crippen LogP contribution in [-0.4, -0.2) is 16.9 Å². The molecule has 18 heavy (non-hydrogen) atoms. The second-order valence-electron chi connectivity index (χ2n) is 4.02. The molecule has 0 radical (unpaired) electrons. The van der Waals surface area contributed by atoms with Gasteiger partial charge in [0.1, 0.15) is 5.57 Å². The molecule has 1 aliphatic rings. The number of thiocarbonyl (C=S) groups is 1. The summed E-state index contributed by atoms with van der Waals surface area (Å²) >= 11 is 4.73. The SMILES string of the molecule is C[C@@H](C=C1C(=O)NC(=S)NC1=O)c1ccccc1. The van der Waals surface area contributed by atoms with Crippen LogP contribution in [0.3, 0.4) is 0 Å². The average Bonchev–Trinajstić information content (AvgIpc) is 2.34. The number of hydrogen-bond acceptors (Lipinski definition) is 3. The molecule has 4 nitrogen and oxygen atoms in total. The highest BCUT2D eigenvalue weighted by Gasteiger charge is 2.26. The Morgan fingerprint density at radius 2 is 1.67 bits per heavy atom. The highest BCUT2D eigenvalue weighted by Crippen LogP contribution is 2.18. The van der Waals surface area contributed by atoms with Crippen molar-refractivity contribution >= 4 is 29.1 Å². The lowest BCUT2D eigenvalue weighted by molar-refractivity contribution is -0.123. The van der Waals surface area contributed by atoms with Crippen LogP contribution in [0.5, 0.6) is 0 Å². The van der Waals surface area contributed by atoms with Crippen molar-refractivity contribution in [3.8, 4) is 0 Å². The molecule has 2 N–H and O–H groups in total. The van der Waals surface area contributed by atoms with E-state index in [0.717, 1.165) is 5.56 Å². The zero-order valence-corrected chi connectivity index (χ0v) is 10.6. The Kier molecular flexibility index (Phi) is 3.53. The van der Waals surface area contributed by atoms with Gasteiger partial charge >= 0.3 is 0 Å². The third-order valence-electron chi connectivity index (χ3n) is 2.69. The van der Waals surface area contributed by atoms with Crippen molar-refractivity contribution in [2.75, 3.05) is 0 Å². The first-order valence-electron chi connectivity index (χ1n) is 5.51. The third-order valence-corrected chi connectivity index (χ3v) is 2.89. The van der Waals surface area contributed by atoms with Crippen LogP contribution in [0.1, 0.15) is 18.4 Å². The lowest BCUT2D eigenvalue weighted by Crippen LogP contribution is -2.51. The molecule has 0 aliphatic carbocycles. The molecule has 1 atom stereocenters. The summed E-state index contributed by atoms with van der Waals surface area (Å²) in [5.41, 5.74) is 1.14. The van der Waals surface area contributed by atoms with Gasteiger partial charge in [-0.25, -0.2) is 0 Å². The zero-order chi connectivity index (χ0) is 13.1. The maximum atomic E-state index is 11.7. The Bertz CT molecular complexity index is 515. The van der Waals surface area contributed by atoms with Crippen LogP contribution in [0.4, 0.5) is 0 Å². The monoisotopic (exact) mass is 260 g/mol. The summed E-state index contributed by atoms with van der Waals surface area (Å²) < 4.78 is 0. The molecule has 0 spiro atoms. The van der Waals surface area contributed by atoms with Gasteiger partial charge < -0.3 is 0 Å². The first kappa shape index (κ1) is 12.4. The molecule has 1 aromatic carbocycles. The molecule has 1 saturated heterocycles. The Balaban J connectivity index is 2.25. The topological polar surface area (TPSA) is 58.2 Å². The first-order chi connectivity index (χ1) is 8.58. The molecule has 5 heteroatoms. The summed E-state index contributed by atoms with van der Waals surface area (Å²) in [5.74, 6) is -0.928. The number of hydrogen-bond donors (Lipinski definition) is 2. The smallest absolute Gasteiger partial charge is 0.262 e. The molecular weight excluding hydrogens is 248 g/mol.